The Labute approximate surface area is 357 Å². The highest BCUT2D eigenvalue weighted by Crippen LogP contribution is 2.46. The molecule has 0 aromatic heterocycles. The normalized spacial score (nSPS) is 18.0. The Kier molecular flexibility index (Phi) is 11.3. The van der Waals surface area contributed by atoms with Crippen LogP contribution in [-0.4, -0.2) is 41.7 Å². The third-order valence-electron chi connectivity index (χ3n) is 9.92. The lowest BCUT2D eigenvalue weighted by molar-refractivity contribution is -0.385. The molecule has 16 heteroatoms. The number of hydrogen-bond acceptors (Lipinski definition) is 8. The molecule has 0 saturated heterocycles. The van der Waals surface area contributed by atoms with E-state index < -0.39 is 21.3 Å². The van der Waals surface area contributed by atoms with Crippen LogP contribution < -0.4 is 0 Å². The quantitative estimate of drug-likeness (QED) is 0.112. The fraction of sp³-hybridized carbons (Fsp3) is 0.0952. The number of carbonyl (C=O) groups excluding carboxylic acids is 2. The minimum atomic E-state index is -1.71. The van der Waals surface area contributed by atoms with Crippen LogP contribution in [0.25, 0.3) is 0 Å². The molecular weight excluding hydrogens is 919 g/mol. The number of rotatable bonds is 8. The molecule has 58 heavy (non-hydrogen) atoms. The van der Waals surface area contributed by atoms with Crippen molar-refractivity contribution in [3.63, 3.8) is 0 Å². The summed E-state index contributed by atoms with van der Waals surface area (Å²) in [4.78, 5) is 49.9. The van der Waals surface area contributed by atoms with Crippen LogP contribution in [0, 0.1) is 20.2 Å². The van der Waals surface area contributed by atoms with Gasteiger partial charge in [0, 0.05) is 89.7 Å². The van der Waals surface area contributed by atoms with Gasteiger partial charge in [-0.3, -0.25) is 39.6 Å². The second kappa shape index (κ2) is 16.0. The van der Waals surface area contributed by atoms with Crippen molar-refractivity contribution in [2.75, 3.05) is 0 Å². The summed E-state index contributed by atoms with van der Waals surface area (Å²) < 4.78 is 1.45. The topological polar surface area (TPSA) is 167 Å². The Bertz CT molecular complexity index is 2540. The van der Waals surface area contributed by atoms with E-state index in [1.807, 2.05) is 0 Å². The number of benzene rings is 6. The summed E-state index contributed by atoms with van der Waals surface area (Å²) in [6.07, 6.45) is 0. The molecule has 8 rings (SSSR count). The molecule has 6 aromatic rings. The van der Waals surface area contributed by atoms with Gasteiger partial charge in [-0.15, -0.1) is 0 Å². The van der Waals surface area contributed by atoms with Crippen molar-refractivity contribution < 1.29 is 29.6 Å². The molecule has 292 valence electrons. The minimum Gasteiger partial charge on any atom is -0.363 e. The number of nitrogens with zero attached hydrogens (tertiary/aromatic N) is 4. The van der Waals surface area contributed by atoms with E-state index in [-0.39, 0.29) is 36.3 Å². The molecule has 6 aromatic carbocycles. The average molecular weight is 947 g/mol. The van der Waals surface area contributed by atoms with Crippen LogP contribution in [0.5, 0.6) is 0 Å². The second-order valence-electron chi connectivity index (χ2n) is 13.4. The molecule has 2 aliphatic rings. The van der Waals surface area contributed by atoms with E-state index in [0.717, 1.165) is 8.95 Å². The maximum Gasteiger partial charge on any atom is 0.269 e. The van der Waals surface area contributed by atoms with Crippen LogP contribution in [0.1, 0.15) is 54.1 Å². The largest absolute Gasteiger partial charge is 0.363 e. The van der Waals surface area contributed by atoms with Crippen LogP contribution in [0.15, 0.2) is 142 Å². The maximum atomic E-state index is 13.2. The van der Waals surface area contributed by atoms with Crippen molar-refractivity contribution in [3.8, 4) is 0 Å². The monoisotopic (exact) mass is 944 g/mol. The van der Waals surface area contributed by atoms with E-state index in [0.29, 0.717) is 54.6 Å². The Balaban J connectivity index is 0.000000177. The van der Waals surface area contributed by atoms with Crippen LogP contribution in [0.3, 0.4) is 0 Å². The van der Waals surface area contributed by atoms with Gasteiger partial charge in [-0.1, -0.05) is 110 Å². The molecule has 0 radical (unpaired) electrons. The van der Waals surface area contributed by atoms with Crippen molar-refractivity contribution in [2.24, 2.45) is 0 Å². The number of fused-ring (bicyclic) bond motifs is 2. The minimum absolute atomic E-state index is 0.0401. The van der Waals surface area contributed by atoms with Crippen LogP contribution in [-0.2, 0) is 24.5 Å². The summed E-state index contributed by atoms with van der Waals surface area (Å²) in [7, 11) is 0. The molecule has 2 aliphatic heterocycles. The van der Waals surface area contributed by atoms with Crippen molar-refractivity contribution >= 4 is 78.3 Å². The first kappa shape index (κ1) is 40.7. The van der Waals surface area contributed by atoms with Crippen molar-refractivity contribution in [1.29, 1.82) is 0 Å². The number of carbonyl (C=O) groups is 2. The van der Waals surface area contributed by atoms with Gasteiger partial charge in [-0.2, -0.15) is 0 Å². The Morgan fingerprint density at radius 2 is 0.931 bits per heavy atom. The molecule has 2 amide bonds. The van der Waals surface area contributed by atoms with Crippen LogP contribution >= 0.6 is 55.1 Å². The van der Waals surface area contributed by atoms with E-state index in [1.165, 1.54) is 34.1 Å². The number of halogens is 4. The summed E-state index contributed by atoms with van der Waals surface area (Å²) >= 11 is 18.8. The average Bonchev–Trinajstić information content (AvgIpc) is 3.54. The van der Waals surface area contributed by atoms with Gasteiger partial charge in [0.25, 0.3) is 23.2 Å². The summed E-state index contributed by atoms with van der Waals surface area (Å²) in [5, 5.41) is 46.4. The lowest BCUT2D eigenvalue weighted by Gasteiger charge is -2.35. The van der Waals surface area contributed by atoms with Crippen molar-refractivity contribution in [1.82, 2.24) is 9.80 Å². The molecular formula is C42H28Br2Cl2N4O8. The zero-order valence-electron chi connectivity index (χ0n) is 29.8. The van der Waals surface area contributed by atoms with Gasteiger partial charge in [0.05, 0.1) is 9.85 Å². The van der Waals surface area contributed by atoms with Gasteiger partial charge < -0.3 is 10.2 Å². The standard InChI is InChI=1S/2C21H14BrClN2O4/c22-15-5-10-19-18(11-15)20(26)24(12-13-1-8-17(9-2-13)25(28)29)21(19,27)14-3-6-16(23)7-4-14;22-15-5-10-18-19(11-15)21(27,14-3-6-16(23)7-4-14)24(20(18)26)12-13-1-8-17(9-2-13)25(28)29/h2*1-11,27H,12H2. The molecule has 2 heterocycles. The van der Waals surface area contributed by atoms with Gasteiger partial charge in [0.2, 0.25) is 0 Å². The summed E-state index contributed by atoms with van der Waals surface area (Å²) in [6.45, 7) is 0.143. The Morgan fingerprint density at radius 1 is 0.534 bits per heavy atom. The number of nitro benzene ring substituents is 2. The van der Waals surface area contributed by atoms with Gasteiger partial charge in [-0.05, 0) is 65.7 Å². The van der Waals surface area contributed by atoms with E-state index in [2.05, 4.69) is 31.9 Å². The predicted octanol–water partition coefficient (Wildman–Crippen LogP) is 9.72. The lowest BCUT2D eigenvalue weighted by atomic mass is 9.93. The highest BCUT2D eigenvalue weighted by molar-refractivity contribution is 9.10. The second-order valence-corrected chi connectivity index (χ2v) is 16.1. The van der Waals surface area contributed by atoms with E-state index in [9.17, 15) is 40.0 Å². The molecule has 0 aliphatic carbocycles. The first-order chi connectivity index (χ1) is 27.6. The van der Waals surface area contributed by atoms with Crippen molar-refractivity contribution in [2.45, 2.75) is 24.5 Å². The van der Waals surface area contributed by atoms with Crippen LogP contribution in [0.2, 0.25) is 10.0 Å². The maximum absolute atomic E-state index is 13.2. The predicted molar refractivity (Wildman–Crippen MR) is 223 cm³/mol. The molecule has 0 spiro atoms. The highest BCUT2D eigenvalue weighted by atomic mass is 79.9. The molecule has 0 bridgehead atoms. The van der Waals surface area contributed by atoms with Gasteiger partial charge >= 0.3 is 0 Å². The molecule has 0 saturated carbocycles. The Hall–Kier alpha value is -5.48. The highest BCUT2D eigenvalue weighted by Gasteiger charge is 2.51. The summed E-state index contributed by atoms with van der Waals surface area (Å²) in [5.74, 6) is -0.666. The lowest BCUT2D eigenvalue weighted by Crippen LogP contribution is -2.44. The molecule has 0 fully saturated rings. The third-order valence-corrected chi connectivity index (χ3v) is 11.4. The van der Waals surface area contributed by atoms with E-state index in [1.54, 1.807) is 109 Å². The molecule has 2 atom stereocenters. The van der Waals surface area contributed by atoms with Gasteiger partial charge in [0.15, 0.2) is 11.4 Å². The smallest absolute Gasteiger partial charge is 0.269 e. The number of hydrogen-bond donors (Lipinski definition) is 2. The van der Waals surface area contributed by atoms with E-state index in [4.69, 9.17) is 23.2 Å². The van der Waals surface area contributed by atoms with Gasteiger partial charge in [-0.25, -0.2) is 0 Å². The zero-order valence-corrected chi connectivity index (χ0v) is 34.4. The first-order valence-electron chi connectivity index (χ1n) is 17.3. The van der Waals surface area contributed by atoms with Gasteiger partial charge in [0.1, 0.15) is 0 Å². The molecule has 2 N–H and O–H groups in total. The zero-order chi connectivity index (χ0) is 41.5. The SMILES string of the molecule is O=C1c2cc(Br)ccc2C(O)(c2ccc(Cl)cc2)N1Cc1ccc([N+](=O)[O-])cc1.O=C1c2ccc(Br)cc2C(O)(c2ccc(Cl)cc2)N1Cc1ccc([N+](=O)[O-])cc1. The number of amides is 2. The number of aliphatic hydroxyl groups is 2. The molecule has 12 nitrogen and oxygen atoms in total. The van der Waals surface area contributed by atoms with E-state index >= 15 is 0 Å². The number of non-ortho nitro benzene ring substituents is 2. The Morgan fingerprint density at radius 3 is 1.38 bits per heavy atom. The van der Waals surface area contributed by atoms with Crippen LogP contribution in [0.4, 0.5) is 11.4 Å². The summed E-state index contributed by atoms with van der Waals surface area (Å²) in [6, 6.07) is 35.4. The fourth-order valence-corrected chi connectivity index (χ4v) is 8.01. The third kappa shape index (κ3) is 7.50. The molecule has 2 unspecified atom stereocenters. The van der Waals surface area contributed by atoms with Crippen molar-refractivity contribution in [3.05, 3.63) is 217 Å². The number of nitro groups is 2. The fourth-order valence-electron chi connectivity index (χ4n) is 7.04. The first-order valence-corrected chi connectivity index (χ1v) is 19.6. The summed E-state index contributed by atoms with van der Waals surface area (Å²) in [5.41, 5.74) is 0.534.